The van der Waals surface area contributed by atoms with E-state index < -0.39 is 15.7 Å². The zero-order chi connectivity index (χ0) is 21.5. The second kappa shape index (κ2) is 10.7. The average Bonchev–Trinajstić information content (AvgIpc) is 2.72. The standard InChI is InChI=1S/C20H31ClN2O5S/c1-22(14-6-15-24)19(25)11-16-28-20(12-4-3-5-13-20)23(2)29(26,27)18-9-7-17(21)8-10-18/h7-10,24H,3-6,11-16H2,1-2H3. The number of aliphatic hydroxyl groups is 1. The summed E-state index contributed by atoms with van der Waals surface area (Å²) in [6, 6.07) is 6.09. The van der Waals surface area contributed by atoms with Gasteiger partial charge in [0.05, 0.1) is 17.9 Å². The van der Waals surface area contributed by atoms with E-state index >= 15 is 0 Å². The van der Waals surface area contributed by atoms with Gasteiger partial charge in [-0.25, -0.2) is 8.42 Å². The van der Waals surface area contributed by atoms with Crippen molar-refractivity contribution in [1.82, 2.24) is 9.21 Å². The molecular formula is C20H31ClN2O5S. The number of benzene rings is 1. The van der Waals surface area contributed by atoms with Gasteiger partial charge in [-0.2, -0.15) is 4.31 Å². The van der Waals surface area contributed by atoms with Crippen LogP contribution in [0.1, 0.15) is 44.9 Å². The second-order valence-corrected chi connectivity index (χ2v) is 9.83. The van der Waals surface area contributed by atoms with Crippen molar-refractivity contribution in [3.05, 3.63) is 29.3 Å². The average molecular weight is 447 g/mol. The summed E-state index contributed by atoms with van der Waals surface area (Å²) in [6.07, 6.45) is 4.63. The van der Waals surface area contributed by atoms with Crippen molar-refractivity contribution in [2.24, 2.45) is 0 Å². The van der Waals surface area contributed by atoms with Gasteiger partial charge in [-0.15, -0.1) is 0 Å². The largest absolute Gasteiger partial charge is 0.396 e. The molecule has 1 N–H and O–H groups in total. The zero-order valence-corrected chi connectivity index (χ0v) is 18.7. The predicted molar refractivity (Wildman–Crippen MR) is 112 cm³/mol. The minimum absolute atomic E-state index is 0.0323. The Kier molecular flexibility index (Phi) is 8.91. The topological polar surface area (TPSA) is 87.2 Å². The molecule has 9 heteroatoms. The Bertz CT molecular complexity index is 764. The van der Waals surface area contributed by atoms with Crippen molar-refractivity contribution in [1.29, 1.82) is 0 Å². The Hall–Kier alpha value is -1.19. The summed E-state index contributed by atoms with van der Waals surface area (Å²) >= 11 is 5.89. The fourth-order valence-corrected chi connectivity index (χ4v) is 5.19. The quantitative estimate of drug-likeness (QED) is 0.558. The minimum atomic E-state index is -3.77. The van der Waals surface area contributed by atoms with Gasteiger partial charge in [0.1, 0.15) is 5.72 Å². The molecule has 1 aromatic rings. The van der Waals surface area contributed by atoms with Gasteiger partial charge < -0.3 is 14.7 Å². The molecule has 1 fully saturated rings. The maximum absolute atomic E-state index is 13.2. The van der Waals surface area contributed by atoms with E-state index in [0.29, 0.717) is 30.8 Å². The van der Waals surface area contributed by atoms with Gasteiger partial charge in [0.25, 0.3) is 0 Å². The summed E-state index contributed by atoms with van der Waals surface area (Å²) in [5, 5.41) is 9.36. The highest BCUT2D eigenvalue weighted by atomic mass is 35.5. The lowest BCUT2D eigenvalue weighted by atomic mass is 9.91. The highest BCUT2D eigenvalue weighted by molar-refractivity contribution is 7.89. The summed E-state index contributed by atoms with van der Waals surface area (Å²) in [7, 11) is -0.534. The van der Waals surface area contributed by atoms with E-state index in [0.717, 1.165) is 19.3 Å². The van der Waals surface area contributed by atoms with Crippen LogP contribution in [0.25, 0.3) is 0 Å². The summed E-state index contributed by atoms with van der Waals surface area (Å²) in [5.41, 5.74) is -0.958. The molecule has 0 bridgehead atoms. The molecule has 1 aliphatic carbocycles. The monoisotopic (exact) mass is 446 g/mol. The van der Waals surface area contributed by atoms with E-state index in [1.165, 1.54) is 16.4 Å². The Morgan fingerprint density at radius 2 is 1.79 bits per heavy atom. The number of hydrogen-bond donors (Lipinski definition) is 1. The van der Waals surface area contributed by atoms with Crippen LogP contribution in [0, 0.1) is 0 Å². The van der Waals surface area contributed by atoms with Gasteiger partial charge in [0.2, 0.25) is 15.9 Å². The van der Waals surface area contributed by atoms with E-state index in [-0.39, 0.29) is 30.4 Å². The number of halogens is 1. The van der Waals surface area contributed by atoms with Crippen molar-refractivity contribution in [2.75, 3.05) is 33.9 Å². The molecule has 1 amide bonds. The second-order valence-electron chi connectivity index (χ2n) is 7.42. The summed E-state index contributed by atoms with van der Waals surface area (Å²) < 4.78 is 33.8. The van der Waals surface area contributed by atoms with Crippen molar-refractivity contribution >= 4 is 27.5 Å². The molecule has 0 heterocycles. The molecule has 2 rings (SSSR count). The van der Waals surface area contributed by atoms with E-state index in [4.69, 9.17) is 21.4 Å². The van der Waals surface area contributed by atoms with Crippen LogP contribution in [-0.4, -0.2) is 68.2 Å². The number of aliphatic hydroxyl groups excluding tert-OH is 1. The van der Waals surface area contributed by atoms with Crippen LogP contribution in [0.2, 0.25) is 5.02 Å². The van der Waals surface area contributed by atoms with Gasteiger partial charge in [-0.05, 0) is 56.4 Å². The molecule has 1 aromatic carbocycles. The zero-order valence-electron chi connectivity index (χ0n) is 17.1. The molecule has 0 radical (unpaired) electrons. The van der Waals surface area contributed by atoms with Crippen LogP contribution in [0.4, 0.5) is 0 Å². The third kappa shape index (κ3) is 6.15. The Balaban J connectivity index is 2.10. The highest BCUT2D eigenvalue weighted by Gasteiger charge is 2.43. The van der Waals surface area contributed by atoms with Crippen molar-refractivity contribution in [3.8, 4) is 0 Å². The Labute approximate surface area is 178 Å². The Morgan fingerprint density at radius 1 is 1.17 bits per heavy atom. The fraction of sp³-hybridized carbons (Fsp3) is 0.650. The number of sulfonamides is 1. The summed E-state index contributed by atoms with van der Waals surface area (Å²) in [5.74, 6) is -0.0902. The van der Waals surface area contributed by atoms with Crippen molar-refractivity contribution < 1.29 is 23.1 Å². The molecule has 0 spiro atoms. The van der Waals surface area contributed by atoms with Gasteiger partial charge >= 0.3 is 0 Å². The number of rotatable bonds is 10. The fourth-order valence-electron chi connectivity index (χ4n) is 3.59. The molecule has 0 aliphatic heterocycles. The van der Waals surface area contributed by atoms with Crippen molar-refractivity contribution in [2.45, 2.75) is 55.6 Å². The summed E-state index contributed by atoms with van der Waals surface area (Å²) in [6.45, 7) is 0.651. The van der Waals surface area contributed by atoms with Crippen LogP contribution in [0.3, 0.4) is 0 Å². The van der Waals surface area contributed by atoms with Crippen LogP contribution in [0.15, 0.2) is 29.2 Å². The lowest BCUT2D eigenvalue weighted by Crippen LogP contribution is -2.53. The van der Waals surface area contributed by atoms with E-state index in [1.807, 2.05) is 0 Å². The van der Waals surface area contributed by atoms with Gasteiger partial charge in [0, 0.05) is 32.3 Å². The molecule has 1 aliphatic rings. The van der Waals surface area contributed by atoms with Crippen LogP contribution in [-0.2, 0) is 19.6 Å². The number of hydrogen-bond acceptors (Lipinski definition) is 5. The SMILES string of the molecule is CN(CCCO)C(=O)CCOC1(N(C)S(=O)(=O)c2ccc(Cl)cc2)CCCCC1. The first-order valence-electron chi connectivity index (χ1n) is 9.96. The van der Waals surface area contributed by atoms with Crippen LogP contribution in [0.5, 0.6) is 0 Å². The molecule has 0 saturated heterocycles. The summed E-state index contributed by atoms with van der Waals surface area (Å²) in [4.78, 5) is 14.0. The maximum Gasteiger partial charge on any atom is 0.245 e. The molecule has 1 saturated carbocycles. The number of carbonyl (C=O) groups is 1. The number of amides is 1. The predicted octanol–water partition coefficient (Wildman–Crippen LogP) is 2.87. The molecular weight excluding hydrogens is 416 g/mol. The van der Waals surface area contributed by atoms with Crippen molar-refractivity contribution in [3.63, 3.8) is 0 Å². The minimum Gasteiger partial charge on any atom is -0.396 e. The van der Waals surface area contributed by atoms with Crippen LogP contribution < -0.4 is 0 Å². The molecule has 0 aromatic heterocycles. The lowest BCUT2D eigenvalue weighted by Gasteiger charge is -2.43. The lowest BCUT2D eigenvalue weighted by molar-refractivity contribution is -0.146. The number of carbonyl (C=O) groups excluding carboxylic acids is 1. The van der Waals surface area contributed by atoms with Crippen LogP contribution >= 0.6 is 11.6 Å². The third-order valence-corrected chi connectivity index (χ3v) is 7.62. The first kappa shape index (κ1) is 24.1. The third-order valence-electron chi connectivity index (χ3n) is 5.44. The molecule has 0 unspecified atom stereocenters. The first-order valence-corrected chi connectivity index (χ1v) is 11.8. The van der Waals surface area contributed by atoms with E-state index in [2.05, 4.69) is 0 Å². The molecule has 7 nitrogen and oxygen atoms in total. The normalized spacial score (nSPS) is 16.7. The smallest absolute Gasteiger partial charge is 0.245 e. The molecule has 164 valence electrons. The number of ether oxygens (including phenoxy) is 1. The maximum atomic E-state index is 13.2. The highest BCUT2D eigenvalue weighted by Crippen LogP contribution is 2.37. The van der Waals surface area contributed by atoms with E-state index in [9.17, 15) is 13.2 Å². The van der Waals surface area contributed by atoms with Gasteiger partial charge in [-0.3, -0.25) is 4.79 Å². The van der Waals surface area contributed by atoms with Gasteiger partial charge in [0.15, 0.2) is 0 Å². The molecule has 0 atom stereocenters. The number of nitrogens with zero attached hydrogens (tertiary/aromatic N) is 2. The first-order chi connectivity index (χ1) is 13.7. The molecule has 29 heavy (non-hydrogen) atoms. The Morgan fingerprint density at radius 3 is 2.38 bits per heavy atom. The van der Waals surface area contributed by atoms with Gasteiger partial charge in [-0.1, -0.05) is 18.0 Å². The van der Waals surface area contributed by atoms with E-state index in [1.54, 1.807) is 31.1 Å².